The van der Waals surface area contributed by atoms with Gasteiger partial charge in [-0.05, 0) is 97.1 Å². The number of nitrogens with zero attached hydrogens (tertiary/aromatic N) is 6. The summed E-state index contributed by atoms with van der Waals surface area (Å²) in [7, 11) is -4.65. The summed E-state index contributed by atoms with van der Waals surface area (Å²) >= 11 is 0. The van der Waals surface area contributed by atoms with Crippen molar-refractivity contribution in [2.24, 2.45) is 26.4 Å². The molecule has 1 atom stereocenters. The SMILES string of the molecule is COP(=O)(O)OCC(COS(=O)(=O)c1ccc(N=Nc2ccc(N(C)C)cc2)cc1)COS(=O)(=O)c1ccc(N=Nc2ccc(N(C)C)cc2)cc1. The molecule has 0 radical (unpaired) electrons. The topological polar surface area (TPSA) is 198 Å². The van der Waals surface area contributed by atoms with Gasteiger partial charge in [0.15, 0.2) is 0 Å². The molecular formula is C33H39N6O10PS2. The molecule has 0 amide bonds. The van der Waals surface area contributed by atoms with E-state index in [4.69, 9.17) is 12.9 Å². The summed E-state index contributed by atoms with van der Waals surface area (Å²) in [5.41, 5.74) is 3.95. The van der Waals surface area contributed by atoms with Crippen LogP contribution in [0.25, 0.3) is 0 Å². The van der Waals surface area contributed by atoms with Gasteiger partial charge in [0.2, 0.25) is 0 Å². The van der Waals surface area contributed by atoms with Crippen molar-refractivity contribution < 1.29 is 43.7 Å². The Morgan fingerprint density at radius 1 is 0.577 bits per heavy atom. The highest BCUT2D eigenvalue weighted by molar-refractivity contribution is 7.87. The van der Waals surface area contributed by atoms with E-state index in [0.717, 1.165) is 18.5 Å². The van der Waals surface area contributed by atoms with Crippen LogP contribution in [-0.4, -0.2) is 76.9 Å². The van der Waals surface area contributed by atoms with Crippen LogP contribution >= 0.6 is 7.82 Å². The fourth-order valence-corrected chi connectivity index (χ4v) is 6.59. The fraction of sp³-hybridized carbons (Fsp3) is 0.273. The lowest BCUT2D eigenvalue weighted by atomic mass is 10.2. The van der Waals surface area contributed by atoms with E-state index in [9.17, 15) is 26.3 Å². The third-order valence-corrected chi connectivity index (χ3v) is 10.7. The summed E-state index contributed by atoms with van der Waals surface area (Å²) in [4.78, 5) is 13.1. The smallest absolute Gasteiger partial charge is 0.378 e. The Labute approximate surface area is 303 Å². The van der Waals surface area contributed by atoms with E-state index in [1.54, 1.807) is 24.3 Å². The number of rotatable bonds is 18. The van der Waals surface area contributed by atoms with Crippen molar-refractivity contribution in [2.45, 2.75) is 9.79 Å². The second-order valence-electron chi connectivity index (χ2n) is 11.5. The normalized spacial score (nSPS) is 14.0. The van der Waals surface area contributed by atoms with E-state index in [1.165, 1.54) is 48.5 Å². The lowest BCUT2D eigenvalue weighted by molar-refractivity contribution is 0.102. The van der Waals surface area contributed by atoms with E-state index in [1.807, 2.05) is 62.3 Å². The van der Waals surface area contributed by atoms with Crippen molar-refractivity contribution in [3.8, 4) is 0 Å². The van der Waals surface area contributed by atoms with Gasteiger partial charge in [0, 0.05) is 52.6 Å². The van der Waals surface area contributed by atoms with Gasteiger partial charge in [0.25, 0.3) is 20.2 Å². The molecule has 0 heterocycles. The Bertz CT molecular complexity index is 1960. The largest absolute Gasteiger partial charge is 0.471 e. The summed E-state index contributed by atoms with van der Waals surface area (Å²) in [6.45, 7) is -1.97. The number of azo groups is 2. The summed E-state index contributed by atoms with van der Waals surface area (Å²) in [5, 5.41) is 16.6. The van der Waals surface area contributed by atoms with Gasteiger partial charge in [-0.2, -0.15) is 37.3 Å². The van der Waals surface area contributed by atoms with E-state index in [2.05, 4.69) is 25.0 Å². The second kappa shape index (κ2) is 17.9. The zero-order chi connectivity index (χ0) is 37.9. The van der Waals surface area contributed by atoms with Crippen molar-refractivity contribution in [3.05, 3.63) is 97.1 Å². The lowest BCUT2D eigenvalue weighted by Gasteiger charge is -2.18. The minimum absolute atomic E-state index is 0.220. The Morgan fingerprint density at radius 3 is 1.17 bits per heavy atom. The van der Waals surface area contributed by atoms with Gasteiger partial charge in [0.1, 0.15) is 0 Å². The highest BCUT2D eigenvalue weighted by atomic mass is 32.2. The summed E-state index contributed by atoms with van der Waals surface area (Å²) in [5.74, 6) is -1.15. The van der Waals surface area contributed by atoms with Crippen molar-refractivity contribution in [2.75, 3.05) is 64.9 Å². The standard InChI is InChI=1S/C33H39N6O10PS2/c1-38(2)30-14-6-26(7-15-30)34-36-28-10-18-32(19-11-28)51(42,43)48-23-25(22-47-50(40,41)46-5)24-49-52(44,45)33-20-12-29(13-21-33)37-35-27-8-16-31(17-9-27)39(3)4/h6-21,25H,22-24H2,1-5H3,(H,40,41). The van der Waals surface area contributed by atoms with Crippen LogP contribution in [-0.2, 0) is 42.2 Å². The minimum atomic E-state index is -4.51. The van der Waals surface area contributed by atoms with Gasteiger partial charge in [-0.1, -0.05) is 0 Å². The summed E-state index contributed by atoms with van der Waals surface area (Å²) < 4.78 is 83.5. The van der Waals surface area contributed by atoms with Crippen LogP contribution in [0.3, 0.4) is 0 Å². The highest BCUT2D eigenvalue weighted by Crippen LogP contribution is 2.42. The molecule has 1 unspecified atom stereocenters. The zero-order valence-corrected chi connectivity index (χ0v) is 31.5. The Kier molecular flexibility index (Phi) is 13.9. The number of hydrogen-bond acceptors (Lipinski definition) is 15. The second-order valence-corrected chi connectivity index (χ2v) is 16.3. The molecule has 4 aromatic carbocycles. The van der Waals surface area contributed by atoms with Crippen LogP contribution in [0.15, 0.2) is 127 Å². The predicted octanol–water partition coefficient (Wildman–Crippen LogP) is 7.14. The van der Waals surface area contributed by atoms with Crippen molar-refractivity contribution in [1.29, 1.82) is 0 Å². The first-order valence-corrected chi connectivity index (χ1v) is 19.8. The summed E-state index contributed by atoms with van der Waals surface area (Å²) in [6.07, 6.45) is 0. The van der Waals surface area contributed by atoms with E-state index in [0.29, 0.717) is 22.7 Å². The number of phosphoric acid groups is 1. The molecular weight excluding hydrogens is 736 g/mol. The van der Waals surface area contributed by atoms with Gasteiger partial charge in [-0.3, -0.25) is 17.4 Å². The third kappa shape index (κ3) is 12.1. The average molecular weight is 775 g/mol. The van der Waals surface area contributed by atoms with Crippen LogP contribution in [0.2, 0.25) is 0 Å². The Balaban J connectivity index is 1.38. The fourth-order valence-electron chi connectivity index (χ4n) is 4.13. The van der Waals surface area contributed by atoms with Crippen molar-refractivity contribution in [1.82, 2.24) is 0 Å². The first-order valence-electron chi connectivity index (χ1n) is 15.5. The third-order valence-electron chi connectivity index (χ3n) is 7.17. The number of hydrogen-bond donors (Lipinski definition) is 1. The van der Waals surface area contributed by atoms with E-state index < -0.39 is 53.8 Å². The number of benzene rings is 4. The van der Waals surface area contributed by atoms with E-state index in [-0.39, 0.29) is 9.79 Å². The van der Waals surface area contributed by atoms with Gasteiger partial charge >= 0.3 is 7.82 Å². The predicted molar refractivity (Wildman–Crippen MR) is 195 cm³/mol. The first-order chi connectivity index (χ1) is 24.6. The van der Waals surface area contributed by atoms with Gasteiger partial charge < -0.3 is 14.7 Å². The lowest BCUT2D eigenvalue weighted by Crippen LogP contribution is -2.25. The Morgan fingerprint density at radius 2 is 0.885 bits per heavy atom. The maximum atomic E-state index is 13.0. The molecule has 19 heteroatoms. The monoisotopic (exact) mass is 774 g/mol. The molecule has 0 saturated carbocycles. The molecule has 0 saturated heterocycles. The Hall–Kier alpha value is -4.39. The molecule has 278 valence electrons. The van der Waals surface area contributed by atoms with Gasteiger partial charge in [-0.25, -0.2) is 4.57 Å². The maximum Gasteiger partial charge on any atom is 0.471 e. The molecule has 0 aliphatic heterocycles. The summed E-state index contributed by atoms with van der Waals surface area (Å²) in [6, 6.07) is 25.5. The molecule has 0 aliphatic carbocycles. The van der Waals surface area contributed by atoms with Crippen LogP contribution in [0.1, 0.15) is 0 Å². The van der Waals surface area contributed by atoms with Gasteiger partial charge in [-0.15, -0.1) is 0 Å². The van der Waals surface area contributed by atoms with Crippen LogP contribution in [0.4, 0.5) is 34.1 Å². The molecule has 0 spiro atoms. The first kappa shape index (κ1) is 40.4. The average Bonchev–Trinajstić information content (AvgIpc) is 3.13. The number of anilines is 2. The highest BCUT2D eigenvalue weighted by Gasteiger charge is 2.26. The van der Waals surface area contributed by atoms with Crippen LogP contribution in [0, 0.1) is 5.92 Å². The molecule has 4 rings (SSSR count). The number of phosphoric ester groups is 1. The van der Waals surface area contributed by atoms with E-state index >= 15 is 0 Å². The minimum Gasteiger partial charge on any atom is -0.378 e. The molecule has 0 fully saturated rings. The quantitative estimate of drug-likeness (QED) is 0.0610. The van der Waals surface area contributed by atoms with Crippen LogP contribution in [0.5, 0.6) is 0 Å². The van der Waals surface area contributed by atoms with Crippen molar-refractivity contribution >= 4 is 62.2 Å². The molecule has 0 bridgehead atoms. The molecule has 0 aliphatic rings. The maximum absolute atomic E-state index is 13.0. The molecule has 4 aromatic rings. The molecule has 1 N–H and O–H groups in total. The van der Waals surface area contributed by atoms with Gasteiger partial charge in [0.05, 0.1) is 52.4 Å². The molecule has 0 aromatic heterocycles. The zero-order valence-electron chi connectivity index (χ0n) is 29.0. The van der Waals surface area contributed by atoms with Crippen LogP contribution < -0.4 is 9.80 Å². The molecule has 52 heavy (non-hydrogen) atoms. The molecule has 16 nitrogen and oxygen atoms in total. The van der Waals surface area contributed by atoms with Crippen molar-refractivity contribution in [3.63, 3.8) is 0 Å².